The predicted molar refractivity (Wildman–Crippen MR) is 88.1 cm³/mol. The summed E-state index contributed by atoms with van der Waals surface area (Å²) in [4.78, 5) is 25.7. The van der Waals surface area contributed by atoms with Crippen molar-refractivity contribution in [1.82, 2.24) is 10.2 Å². The first-order chi connectivity index (χ1) is 10.7. The summed E-state index contributed by atoms with van der Waals surface area (Å²) in [6.45, 7) is 3.67. The highest BCUT2D eigenvalue weighted by Crippen LogP contribution is 2.16. The first-order valence-electron chi connectivity index (χ1n) is 7.50. The molecule has 1 heterocycles. The van der Waals surface area contributed by atoms with E-state index in [-0.39, 0.29) is 35.9 Å². The number of rotatable bonds is 4. The maximum atomic E-state index is 12.1. The summed E-state index contributed by atoms with van der Waals surface area (Å²) < 4.78 is 23.0. The highest BCUT2D eigenvalue weighted by atomic mass is 32.2. The van der Waals surface area contributed by atoms with Crippen molar-refractivity contribution in [2.24, 2.45) is 0 Å². The van der Waals surface area contributed by atoms with Gasteiger partial charge in [0.15, 0.2) is 9.84 Å². The topological polar surface area (TPSA) is 83.6 Å². The van der Waals surface area contributed by atoms with Crippen LogP contribution in [0.15, 0.2) is 18.2 Å². The zero-order valence-corrected chi connectivity index (χ0v) is 14.4. The number of benzene rings is 1. The Hall–Kier alpha value is -1.89. The van der Waals surface area contributed by atoms with Crippen LogP contribution in [-0.2, 0) is 14.6 Å². The SMILES string of the molecule is Cc1cc(C)cc(C(=O)NCC(=O)N(C)[C@@H]2CCS(=O)(=O)C2)c1. The second-order valence-corrected chi connectivity index (χ2v) is 8.35. The average molecular weight is 338 g/mol. The van der Waals surface area contributed by atoms with Gasteiger partial charge < -0.3 is 10.2 Å². The minimum absolute atomic E-state index is 0.000259. The molecule has 1 atom stereocenters. The van der Waals surface area contributed by atoms with Crippen LogP contribution in [0, 0.1) is 13.8 Å². The van der Waals surface area contributed by atoms with Crippen LogP contribution in [0.2, 0.25) is 0 Å². The lowest BCUT2D eigenvalue weighted by atomic mass is 10.1. The van der Waals surface area contributed by atoms with Gasteiger partial charge in [0.2, 0.25) is 5.91 Å². The molecular formula is C16H22N2O4S. The lowest BCUT2D eigenvalue weighted by Gasteiger charge is -2.23. The molecule has 1 aromatic carbocycles. The van der Waals surface area contributed by atoms with Gasteiger partial charge in [0.25, 0.3) is 5.91 Å². The number of amides is 2. The third kappa shape index (κ3) is 4.54. The molecule has 0 saturated carbocycles. The standard InChI is InChI=1S/C16H22N2O4S/c1-11-6-12(2)8-13(7-11)16(20)17-9-15(19)18(3)14-4-5-23(21,22)10-14/h6-8,14H,4-5,9-10H2,1-3H3,(H,17,20)/t14-/m1/s1. The van der Waals surface area contributed by atoms with Crippen LogP contribution in [0.3, 0.4) is 0 Å². The number of likely N-dealkylation sites (N-methyl/N-ethyl adjacent to an activating group) is 1. The molecule has 1 N–H and O–H groups in total. The summed E-state index contributed by atoms with van der Waals surface area (Å²) in [7, 11) is -1.46. The molecule has 1 aliphatic heterocycles. The van der Waals surface area contributed by atoms with E-state index in [0.717, 1.165) is 11.1 Å². The third-order valence-corrected chi connectivity index (χ3v) is 5.78. The van der Waals surface area contributed by atoms with Crippen molar-refractivity contribution >= 4 is 21.7 Å². The Kier molecular flexibility index (Phi) is 5.09. The van der Waals surface area contributed by atoms with Crippen molar-refractivity contribution in [3.63, 3.8) is 0 Å². The fourth-order valence-corrected chi connectivity index (χ4v) is 4.55. The average Bonchev–Trinajstić information content (AvgIpc) is 2.82. The van der Waals surface area contributed by atoms with Crippen LogP contribution < -0.4 is 5.32 Å². The van der Waals surface area contributed by atoms with Gasteiger partial charge in [0, 0.05) is 18.7 Å². The summed E-state index contributed by atoms with van der Waals surface area (Å²) in [6.07, 6.45) is 0.454. The zero-order valence-electron chi connectivity index (χ0n) is 13.6. The number of hydrogen-bond acceptors (Lipinski definition) is 4. The van der Waals surface area contributed by atoms with Gasteiger partial charge in [-0.3, -0.25) is 9.59 Å². The van der Waals surface area contributed by atoms with Crippen LogP contribution >= 0.6 is 0 Å². The van der Waals surface area contributed by atoms with Crippen molar-refractivity contribution in [2.75, 3.05) is 25.1 Å². The number of sulfone groups is 1. The van der Waals surface area contributed by atoms with E-state index in [2.05, 4.69) is 5.32 Å². The van der Waals surface area contributed by atoms with Crippen molar-refractivity contribution in [3.05, 3.63) is 34.9 Å². The largest absolute Gasteiger partial charge is 0.343 e. The Bertz CT molecular complexity index is 707. The first-order valence-corrected chi connectivity index (χ1v) is 9.32. The Balaban J connectivity index is 1.92. The molecule has 7 heteroatoms. The van der Waals surface area contributed by atoms with Gasteiger partial charge in [-0.25, -0.2) is 8.42 Å². The van der Waals surface area contributed by atoms with Crippen molar-refractivity contribution in [3.8, 4) is 0 Å². The summed E-state index contributed by atoms with van der Waals surface area (Å²) >= 11 is 0. The van der Waals surface area contributed by atoms with Crippen LogP contribution in [0.1, 0.15) is 27.9 Å². The normalized spacial score (nSPS) is 19.3. The van der Waals surface area contributed by atoms with E-state index in [4.69, 9.17) is 0 Å². The molecule has 1 aromatic rings. The fourth-order valence-electron chi connectivity index (χ4n) is 2.77. The Morgan fingerprint density at radius 2 is 1.83 bits per heavy atom. The number of carbonyl (C=O) groups excluding carboxylic acids is 2. The summed E-state index contributed by atoms with van der Waals surface area (Å²) in [5.41, 5.74) is 2.48. The molecule has 0 aliphatic carbocycles. The molecule has 2 amide bonds. The van der Waals surface area contributed by atoms with E-state index in [1.807, 2.05) is 19.9 Å². The predicted octanol–water partition coefficient (Wildman–Crippen LogP) is 0.679. The summed E-state index contributed by atoms with van der Waals surface area (Å²) in [5, 5.41) is 2.60. The van der Waals surface area contributed by atoms with Crippen LogP contribution in [0.25, 0.3) is 0 Å². The van der Waals surface area contributed by atoms with E-state index in [9.17, 15) is 18.0 Å². The molecule has 126 valence electrons. The molecule has 0 spiro atoms. The van der Waals surface area contributed by atoms with E-state index in [1.54, 1.807) is 19.2 Å². The van der Waals surface area contributed by atoms with Crippen LogP contribution in [0.4, 0.5) is 0 Å². The van der Waals surface area contributed by atoms with E-state index in [0.29, 0.717) is 12.0 Å². The lowest BCUT2D eigenvalue weighted by Crippen LogP contribution is -2.43. The van der Waals surface area contributed by atoms with Gasteiger partial charge in [-0.1, -0.05) is 17.2 Å². The Labute approximate surface area is 136 Å². The summed E-state index contributed by atoms with van der Waals surface area (Å²) in [6, 6.07) is 5.20. The molecule has 0 unspecified atom stereocenters. The molecule has 2 rings (SSSR count). The number of aryl methyl sites for hydroxylation is 2. The molecule has 0 aromatic heterocycles. The number of hydrogen-bond donors (Lipinski definition) is 1. The number of nitrogens with zero attached hydrogens (tertiary/aromatic N) is 1. The molecule has 23 heavy (non-hydrogen) atoms. The number of nitrogens with one attached hydrogen (secondary N) is 1. The van der Waals surface area contributed by atoms with E-state index < -0.39 is 9.84 Å². The van der Waals surface area contributed by atoms with Crippen molar-refractivity contribution in [1.29, 1.82) is 0 Å². The Morgan fingerprint density at radius 1 is 1.22 bits per heavy atom. The van der Waals surface area contributed by atoms with E-state index >= 15 is 0 Å². The maximum Gasteiger partial charge on any atom is 0.251 e. The van der Waals surface area contributed by atoms with Gasteiger partial charge in [-0.05, 0) is 32.4 Å². The van der Waals surface area contributed by atoms with Gasteiger partial charge in [-0.2, -0.15) is 0 Å². The fraction of sp³-hybridized carbons (Fsp3) is 0.500. The molecule has 6 nitrogen and oxygen atoms in total. The monoisotopic (exact) mass is 338 g/mol. The highest BCUT2D eigenvalue weighted by Gasteiger charge is 2.32. The molecule has 1 saturated heterocycles. The minimum atomic E-state index is -3.04. The van der Waals surface area contributed by atoms with Gasteiger partial charge in [0.05, 0.1) is 18.1 Å². The van der Waals surface area contributed by atoms with Gasteiger partial charge in [0.1, 0.15) is 0 Å². The quantitative estimate of drug-likeness (QED) is 0.875. The molecule has 1 fully saturated rings. The van der Waals surface area contributed by atoms with Crippen molar-refractivity contribution in [2.45, 2.75) is 26.3 Å². The summed E-state index contributed by atoms with van der Waals surface area (Å²) in [5.74, 6) is -0.479. The zero-order chi connectivity index (χ0) is 17.2. The number of carbonyl (C=O) groups is 2. The molecule has 0 bridgehead atoms. The minimum Gasteiger partial charge on any atom is -0.343 e. The lowest BCUT2D eigenvalue weighted by molar-refractivity contribution is -0.130. The highest BCUT2D eigenvalue weighted by molar-refractivity contribution is 7.91. The van der Waals surface area contributed by atoms with E-state index in [1.165, 1.54) is 4.90 Å². The smallest absolute Gasteiger partial charge is 0.251 e. The second-order valence-electron chi connectivity index (χ2n) is 6.12. The second kappa shape index (κ2) is 6.70. The van der Waals surface area contributed by atoms with Crippen LogP contribution in [0.5, 0.6) is 0 Å². The Morgan fingerprint density at radius 3 is 2.35 bits per heavy atom. The van der Waals surface area contributed by atoms with Gasteiger partial charge in [-0.15, -0.1) is 0 Å². The van der Waals surface area contributed by atoms with Crippen LogP contribution in [-0.4, -0.2) is 56.3 Å². The van der Waals surface area contributed by atoms with Crippen molar-refractivity contribution < 1.29 is 18.0 Å². The molecule has 1 aliphatic rings. The molecular weight excluding hydrogens is 316 g/mol. The molecule has 0 radical (unpaired) electrons. The third-order valence-electron chi connectivity index (χ3n) is 4.03. The van der Waals surface area contributed by atoms with Gasteiger partial charge >= 0.3 is 0 Å². The first kappa shape index (κ1) is 17.5. The maximum absolute atomic E-state index is 12.1.